The SMILES string of the molecule is Cc1noc(C)c1CCNc1ncc(-c2nccn2C)c(-c2ccco2)n1. The van der Waals surface area contributed by atoms with E-state index in [1.807, 2.05) is 43.8 Å². The largest absolute Gasteiger partial charge is 0.463 e. The molecule has 0 bridgehead atoms. The summed E-state index contributed by atoms with van der Waals surface area (Å²) in [5.41, 5.74) is 3.54. The number of hydrogen-bond acceptors (Lipinski definition) is 7. The lowest BCUT2D eigenvalue weighted by molar-refractivity contribution is 0.392. The number of hydrogen-bond donors (Lipinski definition) is 1. The number of nitrogens with one attached hydrogen (secondary N) is 1. The van der Waals surface area contributed by atoms with Gasteiger partial charge in [0, 0.05) is 37.7 Å². The van der Waals surface area contributed by atoms with Crippen molar-refractivity contribution in [2.24, 2.45) is 7.05 Å². The fraction of sp³-hybridized carbons (Fsp3) is 0.263. The Hall–Kier alpha value is -3.42. The van der Waals surface area contributed by atoms with Crippen molar-refractivity contribution in [3.8, 4) is 22.8 Å². The number of furan rings is 1. The fourth-order valence-corrected chi connectivity index (χ4v) is 3.02. The van der Waals surface area contributed by atoms with Crippen LogP contribution in [-0.2, 0) is 13.5 Å². The second-order valence-corrected chi connectivity index (χ2v) is 6.27. The van der Waals surface area contributed by atoms with Gasteiger partial charge >= 0.3 is 0 Å². The van der Waals surface area contributed by atoms with Gasteiger partial charge in [0.2, 0.25) is 5.95 Å². The number of imidazole rings is 1. The molecule has 0 amide bonds. The number of aryl methyl sites for hydroxylation is 3. The van der Waals surface area contributed by atoms with E-state index in [9.17, 15) is 0 Å². The zero-order valence-corrected chi connectivity index (χ0v) is 15.4. The minimum atomic E-state index is 0.533. The lowest BCUT2D eigenvalue weighted by atomic mass is 10.1. The van der Waals surface area contributed by atoms with Gasteiger partial charge in [-0.3, -0.25) is 0 Å². The average Bonchev–Trinajstić information content (AvgIpc) is 3.40. The van der Waals surface area contributed by atoms with Crippen LogP contribution in [0.2, 0.25) is 0 Å². The van der Waals surface area contributed by atoms with Crippen LogP contribution in [0.1, 0.15) is 17.0 Å². The van der Waals surface area contributed by atoms with E-state index in [2.05, 4.69) is 25.4 Å². The zero-order valence-electron chi connectivity index (χ0n) is 15.4. The van der Waals surface area contributed by atoms with Crippen LogP contribution in [0.3, 0.4) is 0 Å². The molecule has 0 radical (unpaired) electrons. The molecular formula is C19H20N6O2. The van der Waals surface area contributed by atoms with E-state index in [4.69, 9.17) is 8.94 Å². The van der Waals surface area contributed by atoms with E-state index in [1.54, 1.807) is 18.7 Å². The lowest BCUT2D eigenvalue weighted by Gasteiger charge is -2.10. The van der Waals surface area contributed by atoms with Gasteiger partial charge in [-0.25, -0.2) is 15.0 Å². The zero-order chi connectivity index (χ0) is 18.8. The van der Waals surface area contributed by atoms with Gasteiger partial charge in [-0.15, -0.1) is 0 Å². The van der Waals surface area contributed by atoms with Crippen molar-refractivity contribution in [3.63, 3.8) is 0 Å². The first-order valence-electron chi connectivity index (χ1n) is 8.67. The molecule has 4 aromatic rings. The van der Waals surface area contributed by atoms with Crippen molar-refractivity contribution in [2.45, 2.75) is 20.3 Å². The summed E-state index contributed by atoms with van der Waals surface area (Å²) < 4.78 is 12.7. The second kappa shape index (κ2) is 7.06. The van der Waals surface area contributed by atoms with Crippen LogP contribution in [-0.4, -0.2) is 31.2 Å². The topological polar surface area (TPSA) is 94.8 Å². The number of nitrogens with zero attached hydrogens (tertiary/aromatic N) is 5. The maximum atomic E-state index is 5.57. The summed E-state index contributed by atoms with van der Waals surface area (Å²) in [5, 5.41) is 7.25. The van der Waals surface area contributed by atoms with Gasteiger partial charge < -0.3 is 18.8 Å². The Bertz CT molecular complexity index is 1030. The maximum Gasteiger partial charge on any atom is 0.223 e. The Morgan fingerprint density at radius 1 is 1.22 bits per heavy atom. The van der Waals surface area contributed by atoms with Crippen LogP contribution in [0.15, 0.2) is 45.9 Å². The second-order valence-electron chi connectivity index (χ2n) is 6.27. The lowest BCUT2D eigenvalue weighted by Crippen LogP contribution is -2.10. The Morgan fingerprint density at radius 2 is 2.11 bits per heavy atom. The molecule has 4 aromatic heterocycles. The molecule has 0 aliphatic heterocycles. The summed E-state index contributed by atoms with van der Waals surface area (Å²) >= 11 is 0. The van der Waals surface area contributed by atoms with Gasteiger partial charge in [-0.1, -0.05) is 5.16 Å². The Balaban J connectivity index is 1.60. The molecule has 138 valence electrons. The Morgan fingerprint density at radius 3 is 2.78 bits per heavy atom. The van der Waals surface area contributed by atoms with Crippen LogP contribution < -0.4 is 5.32 Å². The highest BCUT2D eigenvalue weighted by Gasteiger charge is 2.17. The minimum Gasteiger partial charge on any atom is -0.463 e. The summed E-state index contributed by atoms with van der Waals surface area (Å²) in [6.07, 6.45) is 7.81. The highest BCUT2D eigenvalue weighted by molar-refractivity contribution is 5.75. The van der Waals surface area contributed by atoms with E-state index in [0.29, 0.717) is 23.9 Å². The van der Waals surface area contributed by atoms with Gasteiger partial charge in [0.15, 0.2) is 5.76 Å². The van der Waals surface area contributed by atoms with Crippen LogP contribution in [0, 0.1) is 13.8 Å². The first kappa shape index (κ1) is 17.0. The van der Waals surface area contributed by atoms with Gasteiger partial charge in [-0.05, 0) is 32.4 Å². The Labute approximate surface area is 156 Å². The molecule has 1 N–H and O–H groups in total. The molecule has 27 heavy (non-hydrogen) atoms. The molecular weight excluding hydrogens is 344 g/mol. The first-order chi connectivity index (χ1) is 13.1. The minimum absolute atomic E-state index is 0.533. The number of anilines is 1. The van der Waals surface area contributed by atoms with E-state index in [0.717, 1.165) is 34.8 Å². The third kappa shape index (κ3) is 3.33. The van der Waals surface area contributed by atoms with Gasteiger partial charge in [-0.2, -0.15) is 0 Å². The molecule has 0 aliphatic rings. The molecule has 4 heterocycles. The predicted molar refractivity (Wildman–Crippen MR) is 100 cm³/mol. The monoisotopic (exact) mass is 364 g/mol. The maximum absolute atomic E-state index is 5.57. The van der Waals surface area contributed by atoms with Crippen molar-refractivity contribution in [1.29, 1.82) is 0 Å². The van der Waals surface area contributed by atoms with E-state index in [-0.39, 0.29) is 0 Å². The fourth-order valence-electron chi connectivity index (χ4n) is 3.02. The van der Waals surface area contributed by atoms with Gasteiger partial charge in [0.25, 0.3) is 0 Å². The van der Waals surface area contributed by atoms with E-state index < -0.39 is 0 Å². The molecule has 8 nitrogen and oxygen atoms in total. The van der Waals surface area contributed by atoms with Crippen molar-refractivity contribution >= 4 is 5.95 Å². The van der Waals surface area contributed by atoms with Crippen molar-refractivity contribution in [2.75, 3.05) is 11.9 Å². The van der Waals surface area contributed by atoms with Crippen LogP contribution in [0.5, 0.6) is 0 Å². The summed E-state index contributed by atoms with van der Waals surface area (Å²) in [7, 11) is 1.93. The molecule has 0 unspecified atom stereocenters. The van der Waals surface area contributed by atoms with Crippen molar-refractivity contribution in [1.82, 2.24) is 24.7 Å². The van der Waals surface area contributed by atoms with Crippen molar-refractivity contribution < 1.29 is 8.94 Å². The molecule has 0 saturated carbocycles. The molecule has 0 atom stereocenters. The standard InChI is InChI=1S/C19H20N6O2/c1-12-14(13(2)27-24-12)6-7-21-19-22-11-15(18-20-8-9-25(18)3)17(23-19)16-5-4-10-26-16/h4-5,8-11H,6-7H2,1-3H3,(H,21,22,23). The highest BCUT2D eigenvalue weighted by atomic mass is 16.5. The van der Waals surface area contributed by atoms with Crippen LogP contribution in [0.4, 0.5) is 5.95 Å². The number of aromatic nitrogens is 5. The van der Waals surface area contributed by atoms with Crippen LogP contribution in [0.25, 0.3) is 22.8 Å². The smallest absolute Gasteiger partial charge is 0.223 e. The molecule has 0 spiro atoms. The summed E-state index contributed by atoms with van der Waals surface area (Å²) in [6, 6.07) is 3.71. The average molecular weight is 364 g/mol. The molecule has 4 rings (SSSR count). The first-order valence-corrected chi connectivity index (χ1v) is 8.67. The third-order valence-electron chi connectivity index (χ3n) is 4.44. The molecule has 0 fully saturated rings. The number of rotatable bonds is 6. The molecule has 0 aliphatic carbocycles. The highest BCUT2D eigenvalue weighted by Crippen LogP contribution is 2.29. The predicted octanol–water partition coefficient (Wildman–Crippen LogP) is 3.40. The van der Waals surface area contributed by atoms with Crippen molar-refractivity contribution in [3.05, 3.63) is 54.0 Å². The van der Waals surface area contributed by atoms with E-state index >= 15 is 0 Å². The van der Waals surface area contributed by atoms with Gasteiger partial charge in [0.05, 0.1) is 17.5 Å². The van der Waals surface area contributed by atoms with Crippen LogP contribution >= 0.6 is 0 Å². The summed E-state index contributed by atoms with van der Waals surface area (Å²) in [4.78, 5) is 13.5. The quantitative estimate of drug-likeness (QED) is 0.560. The normalized spacial score (nSPS) is 11.1. The molecule has 0 saturated heterocycles. The molecule has 8 heteroatoms. The third-order valence-corrected chi connectivity index (χ3v) is 4.44. The summed E-state index contributed by atoms with van der Waals surface area (Å²) in [6.45, 7) is 4.53. The van der Waals surface area contributed by atoms with Gasteiger partial charge in [0.1, 0.15) is 17.3 Å². The summed E-state index contributed by atoms with van der Waals surface area (Å²) in [5.74, 6) is 2.83. The molecule has 0 aromatic carbocycles. The Kier molecular flexibility index (Phi) is 4.45. The van der Waals surface area contributed by atoms with E-state index in [1.165, 1.54) is 0 Å².